The van der Waals surface area contributed by atoms with Gasteiger partial charge in [-0.05, 0) is 23.6 Å². The van der Waals surface area contributed by atoms with Gasteiger partial charge in [0.1, 0.15) is 0 Å². The molecule has 1 aliphatic carbocycles. The van der Waals surface area contributed by atoms with Crippen molar-refractivity contribution in [1.29, 1.82) is 0 Å². The molecule has 0 amide bonds. The summed E-state index contributed by atoms with van der Waals surface area (Å²) in [6.07, 6.45) is 2.66. The summed E-state index contributed by atoms with van der Waals surface area (Å²) < 4.78 is 0. The van der Waals surface area contributed by atoms with Crippen LogP contribution in [-0.2, 0) is 6.54 Å². The largest absolute Gasteiger partial charge is 0.390 e. The highest BCUT2D eigenvalue weighted by Gasteiger charge is 2.41. The van der Waals surface area contributed by atoms with Crippen molar-refractivity contribution in [2.24, 2.45) is 0 Å². The van der Waals surface area contributed by atoms with E-state index >= 15 is 0 Å². The zero-order chi connectivity index (χ0) is 14.7. The predicted octanol–water partition coefficient (Wildman–Crippen LogP) is 1.45. The van der Waals surface area contributed by atoms with Crippen LogP contribution in [0.1, 0.15) is 23.5 Å². The number of aliphatic hydroxyl groups is 2. The van der Waals surface area contributed by atoms with Gasteiger partial charge in [0.25, 0.3) is 0 Å². The molecule has 3 N–H and O–H groups in total. The van der Waals surface area contributed by atoms with E-state index in [1.54, 1.807) is 6.20 Å². The zero-order valence-corrected chi connectivity index (χ0v) is 11.8. The van der Waals surface area contributed by atoms with Crippen LogP contribution in [0.4, 0.5) is 0 Å². The third-order valence-electron chi connectivity index (χ3n) is 4.19. The van der Waals surface area contributed by atoms with Gasteiger partial charge in [0.05, 0.1) is 12.2 Å². The van der Waals surface area contributed by atoms with Gasteiger partial charge >= 0.3 is 0 Å². The summed E-state index contributed by atoms with van der Waals surface area (Å²) >= 11 is 0. The fourth-order valence-electron chi connectivity index (χ4n) is 3.06. The second-order valence-corrected chi connectivity index (χ2v) is 5.58. The van der Waals surface area contributed by atoms with E-state index in [0.29, 0.717) is 13.0 Å². The first-order valence-corrected chi connectivity index (χ1v) is 7.29. The summed E-state index contributed by atoms with van der Waals surface area (Å²) in [7, 11) is 0. The Balaban J connectivity index is 1.74. The Kier molecular flexibility index (Phi) is 4.29. The Bertz CT molecular complexity index is 562. The Labute approximate surface area is 124 Å². The molecule has 0 spiro atoms. The number of benzene rings is 1. The van der Waals surface area contributed by atoms with Crippen LogP contribution >= 0.6 is 0 Å². The lowest BCUT2D eigenvalue weighted by Crippen LogP contribution is -2.41. The monoisotopic (exact) mass is 284 g/mol. The smallest absolute Gasteiger partial charge is 0.0957 e. The molecule has 1 saturated carbocycles. The van der Waals surface area contributed by atoms with E-state index in [2.05, 4.69) is 10.3 Å². The third-order valence-corrected chi connectivity index (χ3v) is 4.19. The van der Waals surface area contributed by atoms with Gasteiger partial charge in [-0.3, -0.25) is 4.98 Å². The molecular formula is C17H20N2O2. The molecule has 2 aromatic rings. The summed E-state index contributed by atoms with van der Waals surface area (Å²) in [5.41, 5.74) is 2.22. The molecule has 110 valence electrons. The van der Waals surface area contributed by atoms with Crippen LogP contribution in [0.3, 0.4) is 0 Å². The van der Waals surface area contributed by atoms with E-state index in [1.165, 1.54) is 0 Å². The van der Waals surface area contributed by atoms with Crippen LogP contribution in [0.15, 0.2) is 54.9 Å². The highest BCUT2D eigenvalue weighted by Crippen LogP contribution is 2.35. The molecule has 0 bridgehead atoms. The maximum Gasteiger partial charge on any atom is 0.0957 e. The molecule has 1 fully saturated rings. The molecule has 1 aliphatic rings. The van der Waals surface area contributed by atoms with E-state index in [9.17, 15) is 10.2 Å². The van der Waals surface area contributed by atoms with Crippen LogP contribution in [0.5, 0.6) is 0 Å². The molecule has 3 rings (SSSR count). The molecule has 1 aromatic heterocycles. The molecule has 4 heteroatoms. The van der Waals surface area contributed by atoms with Crippen molar-refractivity contribution in [2.75, 3.05) is 0 Å². The maximum absolute atomic E-state index is 10.2. The van der Waals surface area contributed by atoms with Gasteiger partial charge in [-0.25, -0.2) is 0 Å². The van der Waals surface area contributed by atoms with Gasteiger partial charge in [0.15, 0.2) is 0 Å². The molecular weight excluding hydrogens is 264 g/mol. The number of aliphatic hydroxyl groups excluding tert-OH is 2. The van der Waals surface area contributed by atoms with Crippen LogP contribution in [0.25, 0.3) is 0 Å². The minimum atomic E-state index is -0.751. The Morgan fingerprint density at radius 1 is 1.10 bits per heavy atom. The van der Waals surface area contributed by atoms with Gasteiger partial charge in [-0.2, -0.15) is 0 Å². The van der Waals surface area contributed by atoms with E-state index in [-0.39, 0.29) is 12.0 Å². The number of aromatic nitrogens is 1. The lowest BCUT2D eigenvalue weighted by Gasteiger charge is -2.23. The second-order valence-electron chi connectivity index (χ2n) is 5.58. The normalized spacial score (nSPS) is 28.7. The van der Waals surface area contributed by atoms with Crippen molar-refractivity contribution >= 4 is 0 Å². The van der Waals surface area contributed by atoms with Crippen LogP contribution < -0.4 is 5.32 Å². The minimum absolute atomic E-state index is 0.0763. The summed E-state index contributed by atoms with van der Waals surface area (Å²) in [6.45, 7) is 0.673. The van der Waals surface area contributed by atoms with Gasteiger partial charge in [-0.15, -0.1) is 0 Å². The molecule has 1 heterocycles. The standard InChI is InChI=1S/C17H20N2O2/c20-15-9-14(13-7-4-8-18-11-13)16(17(15)21)19-10-12-5-2-1-3-6-12/h1-8,11,14-17,19-21H,9-10H2. The van der Waals surface area contributed by atoms with E-state index in [1.807, 2.05) is 48.7 Å². The summed E-state index contributed by atoms with van der Waals surface area (Å²) in [6, 6.07) is 13.8. The molecule has 0 radical (unpaired) electrons. The van der Waals surface area contributed by atoms with Gasteiger partial charge in [-0.1, -0.05) is 36.4 Å². The fourth-order valence-corrected chi connectivity index (χ4v) is 3.06. The third kappa shape index (κ3) is 3.13. The van der Waals surface area contributed by atoms with Crippen molar-refractivity contribution in [1.82, 2.24) is 10.3 Å². The average molecular weight is 284 g/mol. The van der Waals surface area contributed by atoms with E-state index < -0.39 is 12.2 Å². The minimum Gasteiger partial charge on any atom is -0.390 e. The Morgan fingerprint density at radius 2 is 1.90 bits per heavy atom. The lowest BCUT2D eigenvalue weighted by atomic mass is 9.95. The maximum atomic E-state index is 10.2. The van der Waals surface area contributed by atoms with Crippen molar-refractivity contribution in [3.05, 3.63) is 66.0 Å². The number of nitrogens with one attached hydrogen (secondary N) is 1. The van der Waals surface area contributed by atoms with Crippen molar-refractivity contribution in [2.45, 2.75) is 37.1 Å². The molecule has 4 atom stereocenters. The molecule has 0 saturated heterocycles. The first-order chi connectivity index (χ1) is 10.3. The molecule has 21 heavy (non-hydrogen) atoms. The molecule has 0 aliphatic heterocycles. The van der Waals surface area contributed by atoms with Crippen molar-refractivity contribution < 1.29 is 10.2 Å². The molecule has 1 aromatic carbocycles. The fraction of sp³-hybridized carbons (Fsp3) is 0.353. The zero-order valence-electron chi connectivity index (χ0n) is 11.8. The SMILES string of the molecule is OC1CC(c2cccnc2)C(NCc2ccccc2)C1O. The van der Waals surface area contributed by atoms with E-state index in [0.717, 1.165) is 11.1 Å². The Morgan fingerprint density at radius 3 is 2.62 bits per heavy atom. The quantitative estimate of drug-likeness (QED) is 0.795. The number of rotatable bonds is 4. The number of hydrogen-bond acceptors (Lipinski definition) is 4. The summed E-state index contributed by atoms with van der Waals surface area (Å²) in [5, 5.41) is 23.6. The van der Waals surface area contributed by atoms with Crippen LogP contribution in [0, 0.1) is 0 Å². The van der Waals surface area contributed by atoms with Crippen LogP contribution in [0.2, 0.25) is 0 Å². The van der Waals surface area contributed by atoms with Gasteiger partial charge < -0.3 is 15.5 Å². The lowest BCUT2D eigenvalue weighted by molar-refractivity contribution is 0.0297. The highest BCUT2D eigenvalue weighted by molar-refractivity contribution is 5.22. The summed E-state index contributed by atoms with van der Waals surface area (Å²) in [5.74, 6) is 0.0763. The number of nitrogens with zero attached hydrogens (tertiary/aromatic N) is 1. The summed E-state index contributed by atoms with van der Waals surface area (Å²) in [4.78, 5) is 4.14. The average Bonchev–Trinajstić information content (AvgIpc) is 2.82. The Hall–Kier alpha value is -1.75. The predicted molar refractivity (Wildman–Crippen MR) is 80.7 cm³/mol. The second kappa shape index (κ2) is 6.35. The first-order valence-electron chi connectivity index (χ1n) is 7.29. The number of pyridine rings is 1. The topological polar surface area (TPSA) is 65.4 Å². The van der Waals surface area contributed by atoms with Gasteiger partial charge in [0.2, 0.25) is 0 Å². The van der Waals surface area contributed by atoms with Gasteiger partial charge in [0, 0.05) is 30.9 Å². The van der Waals surface area contributed by atoms with Crippen molar-refractivity contribution in [3.8, 4) is 0 Å². The van der Waals surface area contributed by atoms with E-state index in [4.69, 9.17) is 0 Å². The number of hydrogen-bond donors (Lipinski definition) is 3. The molecule has 4 nitrogen and oxygen atoms in total. The first kappa shape index (κ1) is 14.2. The van der Waals surface area contributed by atoms with Crippen molar-refractivity contribution in [3.63, 3.8) is 0 Å². The highest BCUT2D eigenvalue weighted by atomic mass is 16.3. The molecule has 4 unspecified atom stereocenters. The van der Waals surface area contributed by atoms with Crippen LogP contribution in [-0.4, -0.2) is 33.4 Å².